The van der Waals surface area contributed by atoms with E-state index in [2.05, 4.69) is 54.9 Å². The van der Waals surface area contributed by atoms with E-state index < -0.39 is 0 Å². The van der Waals surface area contributed by atoms with E-state index in [1.54, 1.807) is 0 Å². The molecule has 1 nitrogen and oxygen atoms in total. The fourth-order valence-corrected chi connectivity index (χ4v) is 2.42. The third-order valence-electron chi connectivity index (χ3n) is 3.40. The van der Waals surface area contributed by atoms with Crippen molar-refractivity contribution in [1.29, 1.82) is 0 Å². The van der Waals surface area contributed by atoms with E-state index >= 15 is 0 Å². The van der Waals surface area contributed by atoms with Crippen LogP contribution >= 0.6 is 0 Å². The van der Waals surface area contributed by atoms with Crippen molar-refractivity contribution in [1.82, 2.24) is 0 Å². The molecule has 1 rings (SSSR count). The number of halogens is 1. The van der Waals surface area contributed by atoms with Gasteiger partial charge >= 0.3 is 0 Å². The lowest BCUT2D eigenvalue weighted by Crippen LogP contribution is -3.00. The van der Waals surface area contributed by atoms with Crippen LogP contribution < -0.4 is 24.0 Å². The molecule has 0 amide bonds. The Balaban J connectivity index is 0.00000196. The van der Waals surface area contributed by atoms with Gasteiger partial charge < -0.3 is 28.5 Å². The lowest BCUT2D eigenvalue weighted by molar-refractivity contribution is -0.872. The molecule has 90 valence electrons. The van der Waals surface area contributed by atoms with Gasteiger partial charge in [0.2, 0.25) is 0 Å². The van der Waals surface area contributed by atoms with Crippen LogP contribution in [0.15, 0.2) is 11.6 Å². The largest absolute Gasteiger partial charge is 1.00 e. The summed E-state index contributed by atoms with van der Waals surface area (Å²) in [5, 5.41) is 0. The smallest absolute Gasteiger partial charge is 0.0820 e. The lowest BCUT2D eigenvalue weighted by atomic mass is 10.1. The topological polar surface area (TPSA) is 0 Å². The maximum atomic E-state index is 2.46. The zero-order valence-corrected chi connectivity index (χ0v) is 13.4. The van der Waals surface area contributed by atoms with Crippen molar-refractivity contribution >= 4 is 0 Å². The van der Waals surface area contributed by atoms with Gasteiger partial charge in [0, 0.05) is 5.92 Å². The molecule has 0 aliphatic heterocycles. The molecule has 0 bridgehead atoms. The second kappa shape index (κ2) is 4.74. The van der Waals surface area contributed by atoms with Crippen LogP contribution in [0.4, 0.5) is 0 Å². The first-order valence-electron chi connectivity index (χ1n) is 5.60. The molecule has 0 spiro atoms. The van der Waals surface area contributed by atoms with E-state index in [-0.39, 0.29) is 24.0 Å². The van der Waals surface area contributed by atoms with Gasteiger partial charge in [0.05, 0.1) is 27.7 Å². The second-order valence-electron chi connectivity index (χ2n) is 6.67. The molecular weight excluding hydrogens is 297 g/mol. The zero-order valence-electron chi connectivity index (χ0n) is 11.3. The number of quaternary nitrogens is 1. The molecule has 1 saturated carbocycles. The van der Waals surface area contributed by atoms with Gasteiger partial charge in [-0.2, -0.15) is 0 Å². The lowest BCUT2D eigenvalue weighted by Gasteiger charge is -2.24. The molecular formula is C13H26IN. The van der Waals surface area contributed by atoms with Gasteiger partial charge in [-0.15, -0.1) is 0 Å². The molecule has 0 radical (unpaired) electrons. The van der Waals surface area contributed by atoms with Crippen LogP contribution in [0.25, 0.3) is 0 Å². The summed E-state index contributed by atoms with van der Waals surface area (Å²) in [4.78, 5) is 0. The number of hydrogen-bond donors (Lipinski definition) is 0. The Morgan fingerprint density at radius 1 is 1.20 bits per heavy atom. The molecule has 15 heavy (non-hydrogen) atoms. The Hall–Kier alpha value is 0.430. The highest BCUT2D eigenvalue weighted by Gasteiger charge is 2.58. The van der Waals surface area contributed by atoms with Crippen LogP contribution in [0.5, 0.6) is 0 Å². The van der Waals surface area contributed by atoms with Crippen LogP contribution in [0.1, 0.15) is 27.7 Å². The van der Waals surface area contributed by atoms with Gasteiger partial charge in [-0.3, -0.25) is 0 Å². The van der Waals surface area contributed by atoms with Crippen molar-refractivity contribution < 1.29 is 28.5 Å². The summed E-state index contributed by atoms with van der Waals surface area (Å²) in [6, 6.07) is 0. The number of nitrogens with zero attached hydrogens (tertiary/aromatic N) is 1. The minimum absolute atomic E-state index is 0. The van der Waals surface area contributed by atoms with Crippen molar-refractivity contribution in [2.24, 2.45) is 17.3 Å². The van der Waals surface area contributed by atoms with Gasteiger partial charge in [-0.25, -0.2) is 0 Å². The molecule has 2 heteroatoms. The molecule has 1 aliphatic carbocycles. The summed E-state index contributed by atoms with van der Waals surface area (Å²) in [5.41, 5.74) is 2.00. The summed E-state index contributed by atoms with van der Waals surface area (Å²) in [5.74, 6) is 1.68. The fourth-order valence-electron chi connectivity index (χ4n) is 2.42. The minimum Gasteiger partial charge on any atom is -1.00 e. The second-order valence-corrected chi connectivity index (χ2v) is 6.67. The maximum Gasteiger partial charge on any atom is 0.0820 e. The van der Waals surface area contributed by atoms with E-state index in [1.807, 2.05) is 0 Å². The molecule has 0 heterocycles. The monoisotopic (exact) mass is 323 g/mol. The van der Waals surface area contributed by atoms with E-state index in [9.17, 15) is 0 Å². The third kappa shape index (κ3) is 4.06. The van der Waals surface area contributed by atoms with E-state index in [0.29, 0.717) is 5.41 Å². The van der Waals surface area contributed by atoms with Gasteiger partial charge in [0.15, 0.2) is 0 Å². The highest BCUT2D eigenvalue weighted by atomic mass is 127. The van der Waals surface area contributed by atoms with Crippen LogP contribution in [0.2, 0.25) is 0 Å². The van der Waals surface area contributed by atoms with Crippen LogP contribution in [0, 0.1) is 17.3 Å². The summed E-state index contributed by atoms with van der Waals surface area (Å²) < 4.78 is 1.08. The number of hydrogen-bond acceptors (Lipinski definition) is 0. The molecule has 0 aromatic rings. The quantitative estimate of drug-likeness (QED) is 0.388. The third-order valence-corrected chi connectivity index (χ3v) is 3.40. The first-order valence-corrected chi connectivity index (χ1v) is 5.60. The van der Waals surface area contributed by atoms with Gasteiger partial charge in [-0.1, -0.05) is 25.5 Å². The van der Waals surface area contributed by atoms with E-state index in [1.165, 1.54) is 12.1 Å². The summed E-state index contributed by atoms with van der Waals surface area (Å²) >= 11 is 0. The number of allylic oxidation sites excluding steroid dienone is 2. The standard InChI is InChI=1S/C13H26N.HI/c1-10(2)8-11-12(13(11,3)4)9-14(5,6)7;/h8,11-12H,9H2,1-7H3;1H/q+1;/p-1. The molecule has 0 saturated heterocycles. The highest BCUT2D eigenvalue weighted by Crippen LogP contribution is 2.59. The minimum atomic E-state index is 0. The Morgan fingerprint density at radius 2 is 1.67 bits per heavy atom. The molecule has 2 unspecified atom stereocenters. The van der Waals surface area contributed by atoms with Crippen LogP contribution in [0.3, 0.4) is 0 Å². The summed E-state index contributed by atoms with van der Waals surface area (Å²) in [7, 11) is 6.86. The van der Waals surface area contributed by atoms with Crippen molar-refractivity contribution in [3.63, 3.8) is 0 Å². The van der Waals surface area contributed by atoms with Gasteiger partial charge in [-0.05, 0) is 25.2 Å². The van der Waals surface area contributed by atoms with E-state index in [4.69, 9.17) is 0 Å². The average molecular weight is 323 g/mol. The summed E-state index contributed by atoms with van der Waals surface area (Å²) in [6.45, 7) is 10.5. The first kappa shape index (κ1) is 15.4. The highest BCUT2D eigenvalue weighted by molar-refractivity contribution is 5.16. The molecule has 0 aromatic carbocycles. The SMILES string of the molecule is CC(C)=CC1C(C[N+](C)(C)C)C1(C)C.[I-]. The summed E-state index contributed by atoms with van der Waals surface area (Å²) in [6.07, 6.45) is 2.46. The molecule has 1 fully saturated rings. The Labute approximate surface area is 113 Å². The van der Waals surface area contributed by atoms with E-state index in [0.717, 1.165) is 16.3 Å². The normalized spacial score (nSPS) is 27.9. The van der Waals surface area contributed by atoms with Crippen molar-refractivity contribution in [3.05, 3.63) is 11.6 Å². The average Bonchev–Trinajstić information content (AvgIpc) is 2.34. The Kier molecular flexibility index (Phi) is 4.88. The molecule has 0 aromatic heterocycles. The van der Waals surface area contributed by atoms with Crippen LogP contribution in [-0.2, 0) is 0 Å². The van der Waals surface area contributed by atoms with Crippen molar-refractivity contribution in [2.45, 2.75) is 27.7 Å². The van der Waals surface area contributed by atoms with Crippen molar-refractivity contribution in [3.8, 4) is 0 Å². The zero-order chi connectivity index (χ0) is 11.1. The Bertz CT molecular complexity index is 244. The maximum absolute atomic E-state index is 2.46. The van der Waals surface area contributed by atoms with Gasteiger partial charge in [0.25, 0.3) is 0 Å². The predicted octanol–water partition coefficient (Wildman–Crippen LogP) is -0.0650. The predicted molar refractivity (Wildman–Crippen MR) is 63.1 cm³/mol. The first-order chi connectivity index (χ1) is 6.14. The number of rotatable bonds is 3. The fraction of sp³-hybridized carbons (Fsp3) is 0.846. The Morgan fingerprint density at radius 3 is 2.00 bits per heavy atom. The molecule has 0 N–H and O–H groups in total. The van der Waals surface area contributed by atoms with Gasteiger partial charge in [0.1, 0.15) is 0 Å². The molecule has 2 atom stereocenters. The van der Waals surface area contributed by atoms with Crippen LogP contribution in [-0.4, -0.2) is 32.2 Å². The molecule has 1 aliphatic rings. The van der Waals surface area contributed by atoms with Crippen molar-refractivity contribution in [2.75, 3.05) is 27.7 Å².